The summed E-state index contributed by atoms with van der Waals surface area (Å²) in [6.07, 6.45) is 0. The molecule has 0 unspecified atom stereocenters. The molecule has 0 bridgehead atoms. The summed E-state index contributed by atoms with van der Waals surface area (Å²) >= 11 is 11.7. The number of nitrogens with zero attached hydrogens (tertiary/aromatic N) is 2. The predicted octanol–water partition coefficient (Wildman–Crippen LogP) is 3.35. The van der Waals surface area contributed by atoms with Crippen LogP contribution in [0.3, 0.4) is 0 Å². The van der Waals surface area contributed by atoms with E-state index in [-0.39, 0.29) is 0 Å². The first-order valence-corrected chi connectivity index (χ1v) is 4.68. The van der Waals surface area contributed by atoms with E-state index in [1.54, 1.807) is 25.1 Å². The van der Waals surface area contributed by atoms with Crippen LogP contribution in [-0.4, -0.2) is 10.1 Å². The van der Waals surface area contributed by atoms with E-state index in [0.29, 0.717) is 27.3 Å². The van der Waals surface area contributed by atoms with E-state index in [1.807, 2.05) is 0 Å². The van der Waals surface area contributed by atoms with E-state index in [9.17, 15) is 0 Å². The van der Waals surface area contributed by atoms with Crippen molar-refractivity contribution in [1.29, 1.82) is 0 Å². The predicted molar refractivity (Wildman–Crippen MR) is 54.5 cm³/mol. The Kier molecular flexibility index (Phi) is 2.44. The molecule has 1 heterocycles. The minimum absolute atomic E-state index is 0.476. The Labute approximate surface area is 90.6 Å². The van der Waals surface area contributed by atoms with Crippen LogP contribution in [0, 0.1) is 6.92 Å². The van der Waals surface area contributed by atoms with Crippen LogP contribution in [0.2, 0.25) is 10.0 Å². The second kappa shape index (κ2) is 3.59. The topological polar surface area (TPSA) is 38.9 Å². The lowest BCUT2D eigenvalue weighted by molar-refractivity contribution is 0.394. The third-order valence-corrected chi connectivity index (χ3v) is 2.25. The van der Waals surface area contributed by atoms with Crippen LogP contribution in [0.15, 0.2) is 22.7 Å². The van der Waals surface area contributed by atoms with Crippen molar-refractivity contribution in [3.63, 3.8) is 0 Å². The van der Waals surface area contributed by atoms with Gasteiger partial charge in [0.05, 0.1) is 5.02 Å². The normalized spacial score (nSPS) is 10.5. The van der Waals surface area contributed by atoms with Gasteiger partial charge >= 0.3 is 0 Å². The molecular formula is C9H6Cl2N2O. The average molecular weight is 229 g/mol. The summed E-state index contributed by atoms with van der Waals surface area (Å²) in [5.41, 5.74) is 0.716. The lowest BCUT2D eigenvalue weighted by Gasteiger charge is -1.98. The van der Waals surface area contributed by atoms with E-state index >= 15 is 0 Å². The number of benzene rings is 1. The molecule has 0 atom stereocenters. The molecular weight excluding hydrogens is 223 g/mol. The van der Waals surface area contributed by atoms with E-state index in [4.69, 9.17) is 27.7 Å². The smallest absolute Gasteiger partial charge is 0.223 e. The second-order valence-electron chi connectivity index (χ2n) is 2.76. The van der Waals surface area contributed by atoms with Gasteiger partial charge in [-0.15, -0.1) is 0 Å². The van der Waals surface area contributed by atoms with Crippen molar-refractivity contribution in [3.8, 4) is 11.4 Å². The largest absolute Gasteiger partial charge is 0.339 e. The summed E-state index contributed by atoms with van der Waals surface area (Å²) in [7, 11) is 0. The fraction of sp³-hybridized carbons (Fsp3) is 0.111. The van der Waals surface area contributed by atoms with Crippen LogP contribution >= 0.6 is 23.2 Å². The van der Waals surface area contributed by atoms with E-state index in [0.717, 1.165) is 0 Å². The molecule has 0 amide bonds. The van der Waals surface area contributed by atoms with E-state index < -0.39 is 0 Å². The van der Waals surface area contributed by atoms with Gasteiger partial charge in [-0.1, -0.05) is 28.4 Å². The van der Waals surface area contributed by atoms with Crippen LogP contribution < -0.4 is 0 Å². The first-order valence-electron chi connectivity index (χ1n) is 3.92. The first-order chi connectivity index (χ1) is 6.66. The maximum absolute atomic E-state index is 5.97. The van der Waals surface area contributed by atoms with Crippen LogP contribution in [0.1, 0.15) is 5.89 Å². The van der Waals surface area contributed by atoms with Gasteiger partial charge in [0.25, 0.3) is 0 Å². The number of aromatic nitrogens is 2. The van der Waals surface area contributed by atoms with Gasteiger partial charge in [0.1, 0.15) is 0 Å². The molecule has 0 saturated carbocycles. The zero-order valence-electron chi connectivity index (χ0n) is 7.29. The minimum Gasteiger partial charge on any atom is -0.339 e. The van der Waals surface area contributed by atoms with Crippen molar-refractivity contribution in [2.45, 2.75) is 6.92 Å². The Hall–Kier alpha value is -1.06. The highest BCUT2D eigenvalue weighted by molar-refractivity contribution is 6.36. The van der Waals surface area contributed by atoms with Gasteiger partial charge in [0, 0.05) is 17.5 Å². The molecule has 1 aromatic carbocycles. The number of hydrogen-bond acceptors (Lipinski definition) is 3. The maximum atomic E-state index is 5.97. The molecule has 14 heavy (non-hydrogen) atoms. The lowest BCUT2D eigenvalue weighted by atomic mass is 10.2. The molecule has 1 aromatic heterocycles. The first kappa shape index (κ1) is 9.49. The van der Waals surface area contributed by atoms with Gasteiger partial charge in [0.2, 0.25) is 11.7 Å². The van der Waals surface area contributed by atoms with Gasteiger partial charge in [0.15, 0.2) is 0 Å². The van der Waals surface area contributed by atoms with Crippen LogP contribution in [0.5, 0.6) is 0 Å². The molecule has 3 nitrogen and oxygen atoms in total. The Balaban J connectivity index is 2.52. The zero-order valence-corrected chi connectivity index (χ0v) is 8.80. The second-order valence-corrected chi connectivity index (χ2v) is 3.60. The fourth-order valence-electron chi connectivity index (χ4n) is 1.08. The third-order valence-electron chi connectivity index (χ3n) is 1.70. The molecule has 0 radical (unpaired) electrons. The molecule has 5 heteroatoms. The molecule has 0 aliphatic rings. The summed E-state index contributed by atoms with van der Waals surface area (Å²) in [4.78, 5) is 4.07. The summed E-state index contributed by atoms with van der Waals surface area (Å²) < 4.78 is 4.85. The van der Waals surface area contributed by atoms with E-state index in [1.165, 1.54) is 0 Å². The van der Waals surface area contributed by atoms with Gasteiger partial charge in [-0.05, 0) is 18.2 Å². The van der Waals surface area contributed by atoms with Crippen molar-refractivity contribution >= 4 is 23.2 Å². The maximum Gasteiger partial charge on any atom is 0.223 e. The highest BCUT2D eigenvalue weighted by atomic mass is 35.5. The van der Waals surface area contributed by atoms with Crippen LogP contribution in [-0.2, 0) is 0 Å². The SMILES string of the molecule is Cc1nc(-c2ccc(Cl)cc2Cl)no1. The van der Waals surface area contributed by atoms with Gasteiger partial charge in [-0.2, -0.15) is 4.98 Å². The molecule has 0 N–H and O–H groups in total. The summed E-state index contributed by atoms with van der Waals surface area (Å²) in [6.45, 7) is 1.72. The Morgan fingerprint density at radius 2 is 2.07 bits per heavy atom. The van der Waals surface area contributed by atoms with Gasteiger partial charge in [-0.25, -0.2) is 0 Å². The Morgan fingerprint density at radius 3 is 2.64 bits per heavy atom. The van der Waals surface area contributed by atoms with Gasteiger partial charge < -0.3 is 4.52 Å². The average Bonchev–Trinajstić information content (AvgIpc) is 2.51. The van der Waals surface area contributed by atoms with Crippen molar-refractivity contribution in [3.05, 3.63) is 34.1 Å². The third kappa shape index (κ3) is 1.74. The van der Waals surface area contributed by atoms with E-state index in [2.05, 4.69) is 10.1 Å². The molecule has 0 saturated heterocycles. The number of rotatable bonds is 1. The summed E-state index contributed by atoms with van der Waals surface area (Å²) in [6, 6.07) is 5.13. The van der Waals surface area contributed by atoms with Crippen LogP contribution in [0.4, 0.5) is 0 Å². The van der Waals surface area contributed by atoms with Crippen LogP contribution in [0.25, 0.3) is 11.4 Å². The highest BCUT2D eigenvalue weighted by Gasteiger charge is 2.09. The lowest BCUT2D eigenvalue weighted by Crippen LogP contribution is -1.82. The highest BCUT2D eigenvalue weighted by Crippen LogP contribution is 2.28. The number of aryl methyl sites for hydroxylation is 1. The number of hydrogen-bond donors (Lipinski definition) is 0. The monoisotopic (exact) mass is 228 g/mol. The van der Waals surface area contributed by atoms with Crippen molar-refractivity contribution < 1.29 is 4.52 Å². The van der Waals surface area contributed by atoms with Crippen molar-refractivity contribution in [1.82, 2.24) is 10.1 Å². The molecule has 0 spiro atoms. The number of halogens is 2. The summed E-state index contributed by atoms with van der Waals surface area (Å²) in [5, 5.41) is 4.86. The van der Waals surface area contributed by atoms with Gasteiger partial charge in [-0.3, -0.25) is 0 Å². The quantitative estimate of drug-likeness (QED) is 0.752. The summed E-state index contributed by atoms with van der Waals surface area (Å²) in [5.74, 6) is 0.982. The fourth-order valence-corrected chi connectivity index (χ4v) is 1.57. The Bertz CT molecular complexity index is 468. The Morgan fingerprint density at radius 1 is 1.29 bits per heavy atom. The molecule has 2 aromatic rings. The molecule has 72 valence electrons. The molecule has 2 rings (SSSR count). The minimum atomic E-state index is 0.476. The zero-order chi connectivity index (χ0) is 10.1. The van der Waals surface area contributed by atoms with Crippen molar-refractivity contribution in [2.75, 3.05) is 0 Å². The van der Waals surface area contributed by atoms with Crippen molar-refractivity contribution in [2.24, 2.45) is 0 Å². The molecule has 0 aliphatic carbocycles. The standard InChI is InChI=1S/C9H6Cl2N2O/c1-5-12-9(13-14-5)7-3-2-6(10)4-8(7)11/h2-4H,1H3. The molecule has 0 aliphatic heterocycles. The molecule has 0 fully saturated rings.